The van der Waals surface area contributed by atoms with Crippen molar-refractivity contribution < 1.29 is 4.79 Å². The normalized spacial score (nSPS) is 22.8. The predicted molar refractivity (Wildman–Crippen MR) is 124 cm³/mol. The number of hydrogen-bond acceptors (Lipinski definition) is 3. The van der Waals surface area contributed by atoms with Gasteiger partial charge in [-0.1, -0.05) is 37.5 Å². The summed E-state index contributed by atoms with van der Waals surface area (Å²) in [6.07, 6.45) is 9.30. The number of likely N-dealkylation sites (tertiary alicyclic amines) is 1. The zero-order chi connectivity index (χ0) is 21.4. The van der Waals surface area contributed by atoms with Crippen LogP contribution in [0.4, 0.5) is 0 Å². The Morgan fingerprint density at radius 2 is 1.84 bits per heavy atom. The third-order valence-electron chi connectivity index (χ3n) is 7.69. The number of para-hydroxylation sites is 1. The lowest BCUT2D eigenvalue weighted by Gasteiger charge is -2.34. The molecular formula is C26H35N3O2. The topological polar surface area (TPSA) is 45.6 Å². The molecule has 0 radical (unpaired) electrons. The van der Waals surface area contributed by atoms with E-state index in [-0.39, 0.29) is 23.4 Å². The fraction of sp³-hybridized carbons (Fsp3) is 0.615. The number of fused-ring (bicyclic) bond motifs is 1. The van der Waals surface area contributed by atoms with E-state index in [1.807, 2.05) is 31.3 Å². The summed E-state index contributed by atoms with van der Waals surface area (Å²) in [5, 5.41) is 1.06. The van der Waals surface area contributed by atoms with Crippen molar-refractivity contribution in [2.75, 3.05) is 19.6 Å². The molecule has 5 heteroatoms. The van der Waals surface area contributed by atoms with Gasteiger partial charge in [-0.15, -0.1) is 0 Å². The Bertz CT molecular complexity index is 1000. The monoisotopic (exact) mass is 421 g/mol. The minimum Gasteiger partial charge on any atom is -0.334 e. The maximum Gasteiger partial charge on any atom is 0.255 e. The second-order valence-electron chi connectivity index (χ2n) is 10.0. The minimum atomic E-state index is 0.0213. The van der Waals surface area contributed by atoms with Gasteiger partial charge in [-0.25, -0.2) is 0 Å². The number of benzene rings is 1. The van der Waals surface area contributed by atoms with Crippen molar-refractivity contribution in [2.24, 2.45) is 18.9 Å². The van der Waals surface area contributed by atoms with E-state index >= 15 is 0 Å². The van der Waals surface area contributed by atoms with Crippen molar-refractivity contribution >= 4 is 16.8 Å². The van der Waals surface area contributed by atoms with E-state index in [1.165, 1.54) is 25.8 Å². The molecule has 1 saturated heterocycles. The van der Waals surface area contributed by atoms with Gasteiger partial charge in [0.1, 0.15) is 0 Å². The molecule has 31 heavy (non-hydrogen) atoms. The molecule has 1 amide bonds. The number of pyridine rings is 1. The standard InChI is InChI=1S/C26H35N3O2/c1-27-24-10-6-5-9-21(24)15-22(25(27)30)17-29(26(31)20-7-3-2-4-8-20)23-13-14-28(18-23)16-19-11-12-19/h5-6,9-10,15,19-20,23H,2-4,7-8,11-14,16-18H2,1H3/t23-/m1/s1. The first-order valence-electron chi connectivity index (χ1n) is 12.2. The van der Waals surface area contributed by atoms with Gasteiger partial charge in [0, 0.05) is 44.2 Å². The van der Waals surface area contributed by atoms with Crippen LogP contribution in [0.2, 0.25) is 0 Å². The molecule has 3 aliphatic rings. The molecule has 1 aromatic heterocycles. The van der Waals surface area contributed by atoms with Gasteiger partial charge in [-0.3, -0.25) is 9.59 Å². The van der Waals surface area contributed by atoms with Crippen LogP contribution in [0, 0.1) is 11.8 Å². The van der Waals surface area contributed by atoms with Crippen LogP contribution >= 0.6 is 0 Å². The number of aromatic nitrogens is 1. The Hall–Kier alpha value is -2.14. The van der Waals surface area contributed by atoms with Crippen molar-refractivity contribution in [2.45, 2.75) is 64.0 Å². The molecule has 1 atom stereocenters. The van der Waals surface area contributed by atoms with E-state index < -0.39 is 0 Å². The molecule has 1 aliphatic heterocycles. The zero-order valence-corrected chi connectivity index (χ0v) is 18.8. The molecule has 166 valence electrons. The van der Waals surface area contributed by atoms with Crippen LogP contribution in [0.3, 0.4) is 0 Å². The zero-order valence-electron chi connectivity index (χ0n) is 18.8. The predicted octanol–water partition coefficient (Wildman–Crippen LogP) is 3.93. The van der Waals surface area contributed by atoms with E-state index in [4.69, 9.17) is 0 Å². The van der Waals surface area contributed by atoms with E-state index in [0.29, 0.717) is 6.54 Å². The first kappa shape index (κ1) is 20.7. The summed E-state index contributed by atoms with van der Waals surface area (Å²) in [4.78, 5) is 31.5. The Balaban J connectivity index is 1.42. The highest BCUT2D eigenvalue weighted by atomic mass is 16.2. The third kappa shape index (κ3) is 4.43. The quantitative estimate of drug-likeness (QED) is 0.710. The fourth-order valence-corrected chi connectivity index (χ4v) is 5.66. The van der Waals surface area contributed by atoms with Gasteiger partial charge in [-0.2, -0.15) is 0 Å². The summed E-state index contributed by atoms with van der Waals surface area (Å²) < 4.78 is 1.74. The summed E-state index contributed by atoms with van der Waals surface area (Å²) in [5.74, 6) is 1.29. The average Bonchev–Trinajstić information content (AvgIpc) is 3.50. The van der Waals surface area contributed by atoms with Crippen molar-refractivity contribution in [3.63, 3.8) is 0 Å². The SMILES string of the molecule is Cn1c(=O)c(CN(C(=O)C2CCCCC2)[C@@H]2CCN(CC3CC3)C2)cc2ccccc21. The number of rotatable bonds is 6. The Labute approximate surface area is 185 Å². The number of carbonyl (C=O) groups excluding carboxylic acids is 1. The van der Waals surface area contributed by atoms with Gasteiger partial charge in [0.25, 0.3) is 5.56 Å². The van der Waals surface area contributed by atoms with Crippen LogP contribution in [0.25, 0.3) is 10.9 Å². The largest absolute Gasteiger partial charge is 0.334 e. The first-order valence-corrected chi connectivity index (χ1v) is 12.2. The molecule has 2 saturated carbocycles. The average molecular weight is 422 g/mol. The number of nitrogens with zero attached hydrogens (tertiary/aromatic N) is 3. The van der Waals surface area contributed by atoms with Crippen LogP contribution in [0.5, 0.6) is 0 Å². The molecular weight excluding hydrogens is 386 g/mol. The molecule has 0 N–H and O–H groups in total. The number of carbonyl (C=O) groups is 1. The molecule has 5 nitrogen and oxygen atoms in total. The van der Waals surface area contributed by atoms with Crippen LogP contribution in [-0.4, -0.2) is 46.0 Å². The van der Waals surface area contributed by atoms with E-state index in [9.17, 15) is 9.59 Å². The first-order chi connectivity index (χ1) is 15.1. The van der Waals surface area contributed by atoms with E-state index in [0.717, 1.165) is 67.6 Å². The van der Waals surface area contributed by atoms with E-state index in [2.05, 4.69) is 15.9 Å². The molecule has 2 aromatic rings. The second kappa shape index (κ2) is 8.78. The number of amides is 1. The summed E-state index contributed by atoms with van der Waals surface area (Å²) >= 11 is 0. The fourth-order valence-electron chi connectivity index (χ4n) is 5.66. The summed E-state index contributed by atoms with van der Waals surface area (Å²) in [6.45, 7) is 3.66. The molecule has 2 heterocycles. The van der Waals surface area contributed by atoms with Gasteiger partial charge in [-0.05, 0) is 55.5 Å². The second-order valence-corrected chi connectivity index (χ2v) is 10.0. The summed E-state index contributed by atoms with van der Waals surface area (Å²) in [6, 6.07) is 10.2. The van der Waals surface area contributed by atoms with Crippen LogP contribution in [0.15, 0.2) is 35.1 Å². The van der Waals surface area contributed by atoms with Crippen LogP contribution in [-0.2, 0) is 18.4 Å². The van der Waals surface area contributed by atoms with Gasteiger partial charge < -0.3 is 14.4 Å². The van der Waals surface area contributed by atoms with Gasteiger partial charge in [0.2, 0.25) is 5.91 Å². The number of aryl methyl sites for hydroxylation is 1. The maximum absolute atomic E-state index is 13.7. The minimum absolute atomic E-state index is 0.0213. The third-order valence-corrected chi connectivity index (χ3v) is 7.69. The highest BCUT2D eigenvalue weighted by Crippen LogP contribution is 2.32. The van der Waals surface area contributed by atoms with Gasteiger partial charge in [0.05, 0.1) is 12.1 Å². The number of hydrogen-bond donors (Lipinski definition) is 0. The molecule has 2 aliphatic carbocycles. The van der Waals surface area contributed by atoms with Crippen molar-refractivity contribution in [1.82, 2.24) is 14.4 Å². The highest BCUT2D eigenvalue weighted by molar-refractivity contribution is 5.81. The van der Waals surface area contributed by atoms with Gasteiger partial charge in [0.15, 0.2) is 0 Å². The Morgan fingerprint density at radius 3 is 2.61 bits per heavy atom. The molecule has 0 unspecified atom stereocenters. The maximum atomic E-state index is 13.7. The van der Waals surface area contributed by atoms with Crippen molar-refractivity contribution in [1.29, 1.82) is 0 Å². The molecule has 0 spiro atoms. The van der Waals surface area contributed by atoms with Crippen LogP contribution in [0.1, 0.15) is 56.9 Å². The van der Waals surface area contributed by atoms with Crippen LogP contribution < -0.4 is 5.56 Å². The smallest absolute Gasteiger partial charge is 0.255 e. The van der Waals surface area contributed by atoms with Crippen molar-refractivity contribution in [3.05, 3.63) is 46.2 Å². The van der Waals surface area contributed by atoms with E-state index in [1.54, 1.807) is 4.57 Å². The Morgan fingerprint density at radius 1 is 1.06 bits per heavy atom. The molecule has 5 rings (SSSR count). The Kier molecular flexibility index (Phi) is 5.87. The summed E-state index contributed by atoms with van der Waals surface area (Å²) in [7, 11) is 1.84. The van der Waals surface area contributed by atoms with Crippen molar-refractivity contribution in [3.8, 4) is 0 Å². The lowest BCUT2D eigenvalue weighted by atomic mass is 9.87. The molecule has 3 fully saturated rings. The summed E-state index contributed by atoms with van der Waals surface area (Å²) in [5.41, 5.74) is 1.71. The molecule has 1 aromatic carbocycles. The highest BCUT2D eigenvalue weighted by Gasteiger charge is 2.36. The lowest BCUT2D eigenvalue weighted by molar-refractivity contribution is -0.139. The van der Waals surface area contributed by atoms with Gasteiger partial charge >= 0.3 is 0 Å². The lowest BCUT2D eigenvalue weighted by Crippen LogP contribution is -2.46. The molecule has 0 bridgehead atoms.